The molecule has 2 N–H and O–H groups in total. The molecule has 2 rings (SSSR count). The topological polar surface area (TPSA) is 119 Å². The predicted octanol–water partition coefficient (Wildman–Crippen LogP) is 3.04. The van der Waals surface area contributed by atoms with Gasteiger partial charge in [-0.05, 0) is 38.5 Å². The first-order chi connectivity index (χ1) is 13.2. The Labute approximate surface area is 162 Å². The SMILES string of the molecule is Cc1ccc(C)c(C(=O)[C@H](C)OC(=O)c2cc([N+](=O)[O-])ccc2NCCO)c1. The number of ether oxygens (including phenoxy) is 1. The Hall–Kier alpha value is -3.26. The second kappa shape index (κ2) is 9.09. The number of aliphatic hydroxyl groups is 1. The summed E-state index contributed by atoms with van der Waals surface area (Å²) in [4.78, 5) is 35.7. The fraction of sp³-hybridized carbons (Fsp3) is 0.300. The van der Waals surface area contributed by atoms with Crippen molar-refractivity contribution in [1.29, 1.82) is 0 Å². The van der Waals surface area contributed by atoms with E-state index in [1.165, 1.54) is 19.1 Å². The van der Waals surface area contributed by atoms with E-state index in [2.05, 4.69) is 5.32 Å². The molecule has 0 unspecified atom stereocenters. The molecule has 0 aliphatic carbocycles. The molecule has 148 valence electrons. The summed E-state index contributed by atoms with van der Waals surface area (Å²) < 4.78 is 5.29. The zero-order chi connectivity index (χ0) is 20.8. The Balaban J connectivity index is 2.27. The summed E-state index contributed by atoms with van der Waals surface area (Å²) in [5.41, 5.74) is 2.04. The van der Waals surface area contributed by atoms with Gasteiger partial charge in [0.25, 0.3) is 5.69 Å². The van der Waals surface area contributed by atoms with Gasteiger partial charge in [-0.15, -0.1) is 0 Å². The van der Waals surface area contributed by atoms with Crippen LogP contribution in [0.5, 0.6) is 0 Å². The van der Waals surface area contributed by atoms with Gasteiger partial charge in [-0.3, -0.25) is 14.9 Å². The molecule has 1 atom stereocenters. The van der Waals surface area contributed by atoms with Gasteiger partial charge in [-0.2, -0.15) is 0 Å². The number of nitrogens with zero attached hydrogens (tertiary/aromatic N) is 1. The third-order valence-corrected chi connectivity index (χ3v) is 4.17. The van der Waals surface area contributed by atoms with Crippen LogP contribution in [-0.4, -0.2) is 41.0 Å². The molecular weight excluding hydrogens is 364 g/mol. The predicted molar refractivity (Wildman–Crippen MR) is 104 cm³/mol. The lowest BCUT2D eigenvalue weighted by Crippen LogP contribution is -2.25. The first kappa shape index (κ1) is 21.0. The molecule has 0 aliphatic rings. The second-order valence-corrected chi connectivity index (χ2v) is 6.37. The molecule has 0 radical (unpaired) electrons. The number of non-ortho nitro benzene ring substituents is 1. The molecule has 0 heterocycles. The first-order valence-electron chi connectivity index (χ1n) is 8.70. The summed E-state index contributed by atoms with van der Waals surface area (Å²) in [7, 11) is 0. The van der Waals surface area contributed by atoms with Crippen molar-refractivity contribution >= 4 is 23.1 Å². The molecule has 0 aliphatic heterocycles. The summed E-state index contributed by atoms with van der Waals surface area (Å²) in [5.74, 6) is -1.22. The summed E-state index contributed by atoms with van der Waals surface area (Å²) in [6.45, 7) is 5.07. The zero-order valence-corrected chi connectivity index (χ0v) is 15.9. The Bertz CT molecular complexity index is 910. The normalized spacial score (nSPS) is 11.6. The van der Waals surface area contributed by atoms with E-state index in [-0.39, 0.29) is 35.9 Å². The maximum Gasteiger partial charge on any atom is 0.341 e. The molecule has 2 aromatic carbocycles. The average Bonchev–Trinajstić information content (AvgIpc) is 2.67. The van der Waals surface area contributed by atoms with Crippen LogP contribution in [0.1, 0.15) is 38.8 Å². The molecule has 0 saturated carbocycles. The average molecular weight is 386 g/mol. The molecule has 0 bridgehead atoms. The molecule has 0 spiro atoms. The number of aryl methyl sites for hydroxylation is 2. The minimum atomic E-state index is -1.07. The van der Waals surface area contributed by atoms with Gasteiger partial charge in [0.2, 0.25) is 5.78 Å². The summed E-state index contributed by atoms with van der Waals surface area (Å²) in [6, 6.07) is 9.10. The maximum absolute atomic E-state index is 12.7. The quantitative estimate of drug-likeness (QED) is 0.310. The number of rotatable bonds is 8. The van der Waals surface area contributed by atoms with Gasteiger partial charge >= 0.3 is 5.97 Å². The number of nitrogens with one attached hydrogen (secondary N) is 1. The van der Waals surface area contributed by atoms with Crippen molar-refractivity contribution in [2.75, 3.05) is 18.5 Å². The fourth-order valence-electron chi connectivity index (χ4n) is 2.66. The Morgan fingerprint density at radius 1 is 1.18 bits per heavy atom. The largest absolute Gasteiger partial charge is 0.451 e. The standard InChI is InChI=1S/C20H22N2O6/c1-12-4-5-13(2)16(10-12)19(24)14(3)28-20(25)17-11-15(22(26)27)6-7-18(17)21-8-9-23/h4-7,10-11,14,21,23H,8-9H2,1-3H3/t14-/m0/s1. The van der Waals surface area contributed by atoms with E-state index in [9.17, 15) is 19.7 Å². The number of hydrogen-bond acceptors (Lipinski definition) is 7. The highest BCUT2D eigenvalue weighted by molar-refractivity contribution is 6.03. The number of nitro groups is 1. The van der Waals surface area contributed by atoms with Crippen molar-refractivity contribution < 1.29 is 24.4 Å². The highest BCUT2D eigenvalue weighted by Crippen LogP contribution is 2.24. The van der Waals surface area contributed by atoms with E-state index < -0.39 is 17.0 Å². The highest BCUT2D eigenvalue weighted by Gasteiger charge is 2.24. The van der Waals surface area contributed by atoms with Crippen molar-refractivity contribution in [3.8, 4) is 0 Å². The number of carbonyl (C=O) groups excluding carboxylic acids is 2. The molecule has 8 nitrogen and oxygen atoms in total. The molecule has 0 fully saturated rings. The smallest absolute Gasteiger partial charge is 0.341 e. The van der Waals surface area contributed by atoms with Crippen LogP contribution < -0.4 is 5.32 Å². The van der Waals surface area contributed by atoms with Crippen molar-refractivity contribution in [3.63, 3.8) is 0 Å². The highest BCUT2D eigenvalue weighted by atomic mass is 16.6. The van der Waals surface area contributed by atoms with Crippen LogP contribution in [-0.2, 0) is 4.74 Å². The van der Waals surface area contributed by atoms with Gasteiger partial charge in [0.05, 0.1) is 17.1 Å². The third-order valence-electron chi connectivity index (χ3n) is 4.17. The number of hydrogen-bond donors (Lipinski definition) is 2. The zero-order valence-electron chi connectivity index (χ0n) is 15.9. The Morgan fingerprint density at radius 3 is 2.54 bits per heavy atom. The number of ketones is 1. The van der Waals surface area contributed by atoms with Gasteiger partial charge in [-0.25, -0.2) is 4.79 Å². The number of carbonyl (C=O) groups is 2. The number of esters is 1. The van der Waals surface area contributed by atoms with Crippen molar-refractivity contribution in [2.24, 2.45) is 0 Å². The van der Waals surface area contributed by atoms with E-state index >= 15 is 0 Å². The number of nitro benzene ring substituents is 1. The van der Waals surface area contributed by atoms with Gasteiger partial charge < -0.3 is 15.2 Å². The monoisotopic (exact) mass is 386 g/mol. The Morgan fingerprint density at radius 2 is 1.89 bits per heavy atom. The molecule has 0 amide bonds. The third kappa shape index (κ3) is 4.92. The van der Waals surface area contributed by atoms with Gasteiger partial charge in [0.1, 0.15) is 0 Å². The number of anilines is 1. The molecule has 28 heavy (non-hydrogen) atoms. The van der Waals surface area contributed by atoms with Gasteiger partial charge in [0.15, 0.2) is 6.10 Å². The molecule has 8 heteroatoms. The van der Waals surface area contributed by atoms with Crippen LogP contribution in [0.25, 0.3) is 0 Å². The van der Waals surface area contributed by atoms with E-state index in [1.807, 2.05) is 19.1 Å². The van der Waals surface area contributed by atoms with Crippen molar-refractivity contribution in [3.05, 3.63) is 68.8 Å². The summed E-state index contributed by atoms with van der Waals surface area (Å²) in [5, 5.41) is 22.8. The fourth-order valence-corrected chi connectivity index (χ4v) is 2.66. The van der Waals surface area contributed by atoms with Crippen LogP contribution in [0, 0.1) is 24.0 Å². The van der Waals surface area contributed by atoms with Crippen LogP contribution in [0.2, 0.25) is 0 Å². The lowest BCUT2D eigenvalue weighted by atomic mass is 9.99. The van der Waals surface area contributed by atoms with Gasteiger partial charge in [-0.1, -0.05) is 17.7 Å². The molecule has 2 aromatic rings. The van der Waals surface area contributed by atoms with E-state index in [1.54, 1.807) is 13.0 Å². The van der Waals surface area contributed by atoms with E-state index in [0.717, 1.165) is 17.2 Å². The molecule has 0 aromatic heterocycles. The summed E-state index contributed by atoms with van der Waals surface area (Å²) in [6.07, 6.45) is -1.07. The molecular formula is C20H22N2O6. The van der Waals surface area contributed by atoms with Crippen molar-refractivity contribution in [1.82, 2.24) is 0 Å². The van der Waals surface area contributed by atoms with Crippen LogP contribution in [0.3, 0.4) is 0 Å². The maximum atomic E-state index is 12.7. The lowest BCUT2D eigenvalue weighted by Gasteiger charge is -2.16. The van der Waals surface area contributed by atoms with E-state index in [4.69, 9.17) is 9.84 Å². The summed E-state index contributed by atoms with van der Waals surface area (Å²) >= 11 is 0. The number of aliphatic hydroxyl groups excluding tert-OH is 1. The lowest BCUT2D eigenvalue weighted by molar-refractivity contribution is -0.384. The molecule has 0 saturated heterocycles. The first-order valence-corrected chi connectivity index (χ1v) is 8.70. The van der Waals surface area contributed by atoms with Crippen LogP contribution in [0.15, 0.2) is 36.4 Å². The minimum absolute atomic E-state index is 0.0803. The second-order valence-electron chi connectivity index (χ2n) is 6.37. The Kier molecular flexibility index (Phi) is 6.84. The van der Waals surface area contributed by atoms with E-state index in [0.29, 0.717) is 5.56 Å². The van der Waals surface area contributed by atoms with Crippen LogP contribution >= 0.6 is 0 Å². The number of benzene rings is 2. The van der Waals surface area contributed by atoms with Crippen LogP contribution in [0.4, 0.5) is 11.4 Å². The number of Topliss-reactive ketones (excluding diaryl/α,β-unsaturated/α-hetero) is 1. The minimum Gasteiger partial charge on any atom is -0.451 e. The van der Waals surface area contributed by atoms with Gasteiger partial charge in [0, 0.05) is 29.9 Å². The van der Waals surface area contributed by atoms with Crippen molar-refractivity contribution in [2.45, 2.75) is 26.9 Å².